The molecule has 1 fully saturated rings. The lowest BCUT2D eigenvalue weighted by Gasteiger charge is -2.35. The standard InChI is InChI=1S/C14H21ClN2O/c1-3-13-10-17(6-7-18-13)14-5-4-12(15)8-11(14)9-16-2/h4-5,8,13,16H,3,6-7,9-10H2,1-2H3. The minimum Gasteiger partial charge on any atom is -0.375 e. The molecule has 18 heavy (non-hydrogen) atoms. The lowest BCUT2D eigenvalue weighted by molar-refractivity contribution is 0.0384. The molecule has 0 aliphatic carbocycles. The maximum atomic E-state index is 6.08. The molecule has 0 radical (unpaired) electrons. The van der Waals surface area contributed by atoms with Gasteiger partial charge in [-0.25, -0.2) is 0 Å². The Hall–Kier alpha value is -0.770. The molecular weight excluding hydrogens is 248 g/mol. The molecule has 1 N–H and O–H groups in total. The predicted molar refractivity (Wildman–Crippen MR) is 76.5 cm³/mol. The molecule has 1 aliphatic rings. The maximum Gasteiger partial charge on any atom is 0.0748 e. The summed E-state index contributed by atoms with van der Waals surface area (Å²) in [4.78, 5) is 2.40. The molecule has 0 aromatic heterocycles. The number of hydrogen-bond acceptors (Lipinski definition) is 3. The van der Waals surface area contributed by atoms with Crippen molar-refractivity contribution in [3.8, 4) is 0 Å². The number of ether oxygens (including phenoxy) is 1. The van der Waals surface area contributed by atoms with Gasteiger partial charge in [-0.2, -0.15) is 0 Å². The van der Waals surface area contributed by atoms with Gasteiger partial charge in [0.15, 0.2) is 0 Å². The molecule has 1 saturated heterocycles. The first-order valence-corrected chi connectivity index (χ1v) is 6.92. The average Bonchev–Trinajstić information content (AvgIpc) is 2.39. The van der Waals surface area contributed by atoms with E-state index in [1.807, 2.05) is 19.2 Å². The van der Waals surface area contributed by atoms with Crippen LogP contribution in [0.15, 0.2) is 18.2 Å². The van der Waals surface area contributed by atoms with Crippen LogP contribution < -0.4 is 10.2 Å². The number of nitrogens with one attached hydrogen (secondary N) is 1. The van der Waals surface area contributed by atoms with Gasteiger partial charge < -0.3 is 15.0 Å². The van der Waals surface area contributed by atoms with Gasteiger partial charge in [-0.3, -0.25) is 0 Å². The second kappa shape index (κ2) is 6.41. The van der Waals surface area contributed by atoms with E-state index >= 15 is 0 Å². The molecule has 0 amide bonds. The summed E-state index contributed by atoms with van der Waals surface area (Å²) in [6.07, 6.45) is 1.41. The first kappa shape index (κ1) is 13.7. The van der Waals surface area contributed by atoms with Gasteiger partial charge in [-0.1, -0.05) is 18.5 Å². The normalized spacial score (nSPS) is 20.2. The summed E-state index contributed by atoms with van der Waals surface area (Å²) in [6, 6.07) is 6.13. The predicted octanol–water partition coefficient (Wildman–Crippen LogP) is 2.67. The van der Waals surface area contributed by atoms with E-state index in [1.165, 1.54) is 11.3 Å². The Balaban J connectivity index is 2.20. The van der Waals surface area contributed by atoms with Gasteiger partial charge in [-0.15, -0.1) is 0 Å². The summed E-state index contributed by atoms with van der Waals surface area (Å²) < 4.78 is 5.72. The van der Waals surface area contributed by atoms with Crippen LogP contribution in [-0.2, 0) is 11.3 Å². The number of benzene rings is 1. The molecule has 2 rings (SSSR count). The smallest absolute Gasteiger partial charge is 0.0748 e. The molecule has 1 heterocycles. The highest BCUT2D eigenvalue weighted by Crippen LogP contribution is 2.26. The van der Waals surface area contributed by atoms with Crippen LogP contribution in [-0.4, -0.2) is 32.8 Å². The molecule has 3 nitrogen and oxygen atoms in total. The Kier molecular flexibility index (Phi) is 4.87. The van der Waals surface area contributed by atoms with Crippen LogP contribution >= 0.6 is 11.6 Å². The zero-order chi connectivity index (χ0) is 13.0. The Bertz CT molecular complexity index is 397. The van der Waals surface area contributed by atoms with E-state index in [0.717, 1.165) is 37.7 Å². The van der Waals surface area contributed by atoms with Gasteiger partial charge >= 0.3 is 0 Å². The van der Waals surface area contributed by atoms with E-state index in [9.17, 15) is 0 Å². The average molecular weight is 269 g/mol. The van der Waals surface area contributed by atoms with Gasteiger partial charge in [0.1, 0.15) is 0 Å². The Labute approximate surface area is 114 Å². The molecular formula is C14H21ClN2O. The van der Waals surface area contributed by atoms with Crippen molar-refractivity contribution < 1.29 is 4.74 Å². The third kappa shape index (κ3) is 3.16. The Morgan fingerprint density at radius 1 is 1.50 bits per heavy atom. The zero-order valence-corrected chi connectivity index (χ0v) is 11.8. The Morgan fingerprint density at radius 3 is 3.06 bits per heavy atom. The van der Waals surface area contributed by atoms with Crippen molar-refractivity contribution in [2.45, 2.75) is 26.0 Å². The topological polar surface area (TPSA) is 24.5 Å². The van der Waals surface area contributed by atoms with E-state index in [-0.39, 0.29) is 0 Å². The van der Waals surface area contributed by atoms with Crippen LogP contribution in [0.1, 0.15) is 18.9 Å². The van der Waals surface area contributed by atoms with Crippen molar-refractivity contribution in [1.29, 1.82) is 0 Å². The number of rotatable bonds is 4. The molecule has 0 saturated carbocycles. The summed E-state index contributed by atoms with van der Waals surface area (Å²) in [5.41, 5.74) is 2.53. The van der Waals surface area contributed by atoms with Gasteiger partial charge in [0.2, 0.25) is 0 Å². The molecule has 0 spiro atoms. The second-order valence-corrected chi connectivity index (χ2v) is 5.09. The van der Waals surface area contributed by atoms with Crippen LogP contribution in [0.25, 0.3) is 0 Å². The Morgan fingerprint density at radius 2 is 2.33 bits per heavy atom. The number of halogens is 1. The largest absolute Gasteiger partial charge is 0.375 e. The van der Waals surface area contributed by atoms with E-state index in [4.69, 9.17) is 16.3 Å². The van der Waals surface area contributed by atoms with Gasteiger partial charge in [-0.05, 0) is 37.2 Å². The number of nitrogens with zero attached hydrogens (tertiary/aromatic N) is 1. The number of hydrogen-bond donors (Lipinski definition) is 1. The summed E-state index contributed by atoms with van der Waals surface area (Å²) in [7, 11) is 1.96. The SMILES string of the molecule is CCC1CN(c2ccc(Cl)cc2CNC)CCO1. The van der Waals surface area contributed by atoms with Crippen molar-refractivity contribution in [3.63, 3.8) is 0 Å². The van der Waals surface area contributed by atoms with E-state index < -0.39 is 0 Å². The van der Waals surface area contributed by atoms with E-state index in [0.29, 0.717) is 6.10 Å². The fraction of sp³-hybridized carbons (Fsp3) is 0.571. The molecule has 1 aromatic rings. The molecule has 1 atom stereocenters. The van der Waals surface area contributed by atoms with Crippen LogP contribution in [0.2, 0.25) is 5.02 Å². The minimum atomic E-state index is 0.344. The molecule has 0 bridgehead atoms. The highest BCUT2D eigenvalue weighted by atomic mass is 35.5. The molecule has 1 unspecified atom stereocenters. The lowest BCUT2D eigenvalue weighted by atomic mass is 10.1. The fourth-order valence-corrected chi connectivity index (χ4v) is 2.57. The quantitative estimate of drug-likeness (QED) is 0.909. The first-order chi connectivity index (χ1) is 8.74. The minimum absolute atomic E-state index is 0.344. The molecule has 4 heteroatoms. The van der Waals surface area contributed by atoms with E-state index in [1.54, 1.807) is 0 Å². The third-order valence-electron chi connectivity index (χ3n) is 3.34. The summed E-state index contributed by atoms with van der Waals surface area (Å²) in [6.45, 7) is 5.73. The van der Waals surface area contributed by atoms with Crippen molar-refractivity contribution in [2.24, 2.45) is 0 Å². The van der Waals surface area contributed by atoms with Crippen molar-refractivity contribution in [3.05, 3.63) is 28.8 Å². The number of morpholine rings is 1. The van der Waals surface area contributed by atoms with Gasteiger partial charge in [0, 0.05) is 30.3 Å². The van der Waals surface area contributed by atoms with Crippen LogP contribution in [0, 0.1) is 0 Å². The molecule has 100 valence electrons. The van der Waals surface area contributed by atoms with Crippen LogP contribution in [0.3, 0.4) is 0 Å². The van der Waals surface area contributed by atoms with Gasteiger partial charge in [0.05, 0.1) is 12.7 Å². The monoisotopic (exact) mass is 268 g/mol. The molecule has 1 aromatic carbocycles. The van der Waals surface area contributed by atoms with Crippen LogP contribution in [0.5, 0.6) is 0 Å². The lowest BCUT2D eigenvalue weighted by Crippen LogP contribution is -2.42. The fourth-order valence-electron chi connectivity index (χ4n) is 2.38. The highest BCUT2D eigenvalue weighted by Gasteiger charge is 2.20. The van der Waals surface area contributed by atoms with Gasteiger partial charge in [0.25, 0.3) is 0 Å². The highest BCUT2D eigenvalue weighted by molar-refractivity contribution is 6.30. The van der Waals surface area contributed by atoms with Crippen molar-refractivity contribution in [1.82, 2.24) is 5.32 Å². The zero-order valence-electron chi connectivity index (χ0n) is 11.1. The van der Waals surface area contributed by atoms with E-state index in [2.05, 4.69) is 23.2 Å². The van der Waals surface area contributed by atoms with Crippen molar-refractivity contribution >= 4 is 17.3 Å². The summed E-state index contributed by atoms with van der Waals surface area (Å²) in [5.74, 6) is 0. The third-order valence-corrected chi connectivity index (χ3v) is 3.58. The van der Waals surface area contributed by atoms with Crippen molar-refractivity contribution in [2.75, 3.05) is 31.6 Å². The molecule has 1 aliphatic heterocycles. The first-order valence-electron chi connectivity index (χ1n) is 6.54. The number of anilines is 1. The maximum absolute atomic E-state index is 6.08. The van der Waals surface area contributed by atoms with Crippen LogP contribution in [0.4, 0.5) is 5.69 Å². The summed E-state index contributed by atoms with van der Waals surface area (Å²) >= 11 is 6.08. The second-order valence-electron chi connectivity index (χ2n) is 4.65. The summed E-state index contributed by atoms with van der Waals surface area (Å²) in [5, 5.41) is 3.99.